The number of likely N-dealkylation sites (tertiary alicyclic amines) is 2. The molecule has 5 rings (SSSR count). The van der Waals surface area contributed by atoms with Gasteiger partial charge in [-0.3, -0.25) is 63.1 Å². The van der Waals surface area contributed by atoms with Crippen LogP contribution in [0.25, 0.3) is 0 Å². The van der Waals surface area contributed by atoms with Crippen LogP contribution in [0.15, 0.2) is 30.3 Å². The van der Waals surface area contributed by atoms with E-state index in [-0.39, 0.29) is 127 Å². The van der Waals surface area contributed by atoms with Gasteiger partial charge >= 0.3 is 0 Å². The van der Waals surface area contributed by atoms with Crippen molar-refractivity contribution in [3.63, 3.8) is 0 Å². The number of hydrogen-bond donors (Lipinski definition) is 3. The maximum Gasteiger partial charge on any atom is 0.253 e. The van der Waals surface area contributed by atoms with Crippen molar-refractivity contribution in [1.29, 1.82) is 0 Å². The Morgan fingerprint density at radius 3 is 2.17 bits per heavy atom. The molecular weight excluding hydrogens is 1130 g/mol. The number of ketones is 3. The third-order valence-electron chi connectivity index (χ3n) is 19.0. The van der Waals surface area contributed by atoms with E-state index in [1.54, 1.807) is 26.2 Å². The minimum atomic E-state index is -0.917. The molecule has 3 saturated heterocycles. The summed E-state index contributed by atoms with van der Waals surface area (Å²) in [5, 5.41) is 7.04. The summed E-state index contributed by atoms with van der Waals surface area (Å²) in [4.78, 5) is 147. The van der Waals surface area contributed by atoms with E-state index in [2.05, 4.69) is 30.2 Å². The normalized spacial score (nSPS) is 22.4. The van der Waals surface area contributed by atoms with Gasteiger partial charge in [-0.1, -0.05) is 98.1 Å². The number of benzene rings is 1. The number of likely N-dealkylation sites (N-methyl/N-ethyl adjacent to an activating group) is 2. The number of ether oxygens (including phenoxy) is 2. The molecule has 3 aliphatic heterocycles. The summed E-state index contributed by atoms with van der Waals surface area (Å²) in [6, 6.07) is 7.17. The molecule has 3 heterocycles. The number of carbonyl (C=O) groups excluding carboxylic acids is 10. The molecule has 0 radical (unpaired) electrons. The van der Waals surface area contributed by atoms with E-state index in [1.165, 1.54) is 9.96 Å². The van der Waals surface area contributed by atoms with Crippen molar-refractivity contribution in [1.82, 2.24) is 35.3 Å². The zero-order valence-electron chi connectivity index (χ0n) is 54.1. The molecule has 1 saturated carbocycles. The average molecular weight is 1240 g/mol. The van der Waals surface area contributed by atoms with Crippen molar-refractivity contribution in [3.8, 4) is 0 Å². The highest BCUT2D eigenvalue weighted by atomic mass is 32.1. The average Bonchev–Trinajstić information content (AvgIpc) is 1.63. The Labute approximate surface area is 523 Å². The Kier molecular flexibility index (Phi) is 29.7. The number of unbranched alkanes of at least 4 members (excludes halogenated alkanes) is 4. The second kappa shape index (κ2) is 35.5. The molecule has 6 amide bonds. The van der Waals surface area contributed by atoms with E-state index >= 15 is 0 Å². The molecule has 0 bridgehead atoms. The molecule has 488 valence electrons. The predicted molar refractivity (Wildman–Crippen MR) is 335 cm³/mol. The first-order chi connectivity index (χ1) is 41.5. The topological polar surface area (TPSA) is 239 Å². The fourth-order valence-corrected chi connectivity index (χ4v) is 13.8. The van der Waals surface area contributed by atoms with Crippen molar-refractivity contribution in [3.05, 3.63) is 35.9 Å². The molecular formula is C66H105N7O13S. The van der Waals surface area contributed by atoms with Gasteiger partial charge in [0.05, 0.1) is 73.8 Å². The maximum atomic E-state index is 14.9. The zero-order valence-corrected chi connectivity index (χ0v) is 55.0. The summed E-state index contributed by atoms with van der Waals surface area (Å²) in [5.41, 5.74) is 0.103. The van der Waals surface area contributed by atoms with Gasteiger partial charge in [0.25, 0.3) is 5.91 Å². The lowest BCUT2D eigenvalue weighted by atomic mass is 9.83. The van der Waals surface area contributed by atoms with Crippen molar-refractivity contribution in [2.24, 2.45) is 35.0 Å². The number of amides is 6. The van der Waals surface area contributed by atoms with Gasteiger partial charge in [0.15, 0.2) is 11.6 Å². The molecule has 4 fully saturated rings. The van der Waals surface area contributed by atoms with Crippen LogP contribution >= 0.6 is 12.6 Å². The number of Topliss-reactive ketones (excluding diaryl/α,β-unsaturated/α-hetero) is 3. The predicted octanol–water partition coefficient (Wildman–Crippen LogP) is 6.80. The Morgan fingerprint density at radius 2 is 1.55 bits per heavy atom. The monoisotopic (exact) mass is 1240 g/mol. The molecule has 1 aromatic rings. The summed E-state index contributed by atoms with van der Waals surface area (Å²) in [5.74, 6) is -3.02. The molecule has 1 unspecified atom stereocenters. The Balaban J connectivity index is 1.09. The highest BCUT2D eigenvalue weighted by Gasteiger charge is 2.63. The maximum absolute atomic E-state index is 14.9. The van der Waals surface area contributed by atoms with E-state index in [4.69, 9.17) is 14.3 Å². The molecule has 1 aliphatic carbocycles. The summed E-state index contributed by atoms with van der Waals surface area (Å²) < 4.78 is 12.3. The van der Waals surface area contributed by atoms with E-state index < -0.39 is 59.7 Å². The lowest BCUT2D eigenvalue weighted by Gasteiger charge is -2.41. The summed E-state index contributed by atoms with van der Waals surface area (Å²) in [6.45, 7) is 16.1. The molecule has 0 aromatic heterocycles. The molecule has 0 spiro atoms. The van der Waals surface area contributed by atoms with Gasteiger partial charge in [0, 0.05) is 84.2 Å². The van der Waals surface area contributed by atoms with Crippen LogP contribution in [0.1, 0.15) is 176 Å². The fourth-order valence-electron chi connectivity index (χ4n) is 13.6. The van der Waals surface area contributed by atoms with Crippen LogP contribution in [0, 0.1) is 35.0 Å². The Hall–Kier alpha value is -4.93. The summed E-state index contributed by atoms with van der Waals surface area (Å²) in [7, 11) is 6.83. The first-order valence-electron chi connectivity index (χ1n) is 32.3. The molecule has 21 heteroatoms. The highest BCUT2D eigenvalue weighted by molar-refractivity contribution is 7.80. The lowest BCUT2D eigenvalue weighted by Crippen LogP contribution is -2.54. The number of methoxy groups -OCH3 is 2. The molecule has 12 atom stereocenters. The number of hydrogen-bond acceptors (Lipinski definition) is 16. The minimum Gasteiger partial charge on any atom is -0.379 e. The first-order valence-corrected chi connectivity index (χ1v) is 33.0. The van der Waals surface area contributed by atoms with Crippen molar-refractivity contribution in [2.75, 3.05) is 73.4 Å². The standard InChI is InChI=1S/C66H105N7O13S/c1-12-45(6)61(56(84-10)37-59(80)71-32-24-28-53(71)62(85-11)46(7)55(77)39-66(65(83)73-33-22-23-34-86-73)38-51(66)47-25-16-13-17-26-47)70(9)63(81)50(43(2)3)35-54(76)60(44(4)5)69(8)30-20-14-18-27-49(75)40-67-57(78)29-19-15-21-31-72-58(79)36-52(64(72)82)68-48(41-74)42-87/h13,16-17,25-26,41,43-46,48,50-53,56,60-62,68,87H,12,14-15,18-24,27-40,42H2,1-11H3,(H,67,78)/t45-,46-,48+,50-,51+,52?,53-,56+,60-,61-,62+,66-/m0/s1. The van der Waals surface area contributed by atoms with Gasteiger partial charge in [-0.2, -0.15) is 12.6 Å². The van der Waals surface area contributed by atoms with Crippen LogP contribution in [0.4, 0.5) is 0 Å². The smallest absolute Gasteiger partial charge is 0.253 e. The number of thiol groups is 1. The Bertz CT molecular complexity index is 2460. The number of rotatable bonds is 40. The van der Waals surface area contributed by atoms with Gasteiger partial charge in [-0.05, 0) is 101 Å². The van der Waals surface area contributed by atoms with Crippen molar-refractivity contribution < 1.29 is 62.3 Å². The number of hydroxylamine groups is 2. The second-order valence-electron chi connectivity index (χ2n) is 25.9. The third kappa shape index (κ3) is 19.8. The number of nitrogens with one attached hydrogen (secondary N) is 2. The quantitative estimate of drug-likeness (QED) is 0.0265. The zero-order chi connectivity index (χ0) is 64.1. The number of carbonyl (C=O) groups is 10. The molecule has 2 N–H and O–H groups in total. The number of nitrogens with zero attached hydrogens (tertiary/aromatic N) is 5. The second-order valence-corrected chi connectivity index (χ2v) is 26.2. The molecule has 20 nitrogen and oxygen atoms in total. The largest absolute Gasteiger partial charge is 0.379 e. The van der Waals surface area contributed by atoms with E-state index in [1.807, 2.05) is 88.7 Å². The van der Waals surface area contributed by atoms with Crippen LogP contribution in [-0.2, 0) is 62.3 Å². The SMILES string of the molecule is CC[C@H](C)[C@@H]([C@@H](CC(=O)N1CCC[C@H]1[C@H](OC)[C@@H](C)C(=O)C[C@@]1(C(=O)N2CCCCO2)C[C@@H]1c1ccccc1)OC)N(C)C(=O)[C@@H](CC(=O)[C@H](C(C)C)N(C)CCCCCC(=O)CNC(=O)CCCCCN1C(=O)CC(N[C@H](C=O)CS)C1=O)C(C)C. The Morgan fingerprint density at radius 1 is 0.851 bits per heavy atom. The highest BCUT2D eigenvalue weighted by Crippen LogP contribution is 2.63. The van der Waals surface area contributed by atoms with Gasteiger partial charge in [0.1, 0.15) is 12.1 Å². The van der Waals surface area contributed by atoms with E-state index in [0.717, 1.165) is 37.7 Å². The third-order valence-corrected chi connectivity index (χ3v) is 19.4. The van der Waals surface area contributed by atoms with E-state index in [0.29, 0.717) is 83.9 Å². The van der Waals surface area contributed by atoms with Gasteiger partial charge < -0.3 is 29.4 Å². The summed E-state index contributed by atoms with van der Waals surface area (Å²) >= 11 is 4.09. The van der Waals surface area contributed by atoms with Crippen LogP contribution in [0.3, 0.4) is 0 Å². The molecule has 87 heavy (non-hydrogen) atoms. The van der Waals surface area contributed by atoms with Gasteiger partial charge in [-0.15, -0.1) is 0 Å². The first kappa shape index (κ1) is 72.8. The van der Waals surface area contributed by atoms with Crippen LogP contribution in [0.5, 0.6) is 0 Å². The van der Waals surface area contributed by atoms with Crippen molar-refractivity contribution in [2.45, 2.75) is 212 Å². The van der Waals surface area contributed by atoms with Crippen molar-refractivity contribution >= 4 is 71.7 Å². The molecule has 1 aromatic carbocycles. The van der Waals surface area contributed by atoms with Crippen LogP contribution in [-0.4, -0.2) is 200 Å². The van der Waals surface area contributed by atoms with Gasteiger partial charge in [0.2, 0.25) is 29.5 Å². The van der Waals surface area contributed by atoms with Gasteiger partial charge in [-0.25, -0.2) is 5.06 Å². The van der Waals surface area contributed by atoms with Crippen LogP contribution < -0.4 is 10.6 Å². The number of imide groups is 1. The fraction of sp³-hybridized carbons (Fsp3) is 0.758. The minimum absolute atomic E-state index is 0.00672. The van der Waals surface area contributed by atoms with E-state index in [9.17, 15) is 47.9 Å². The number of aldehydes is 1. The van der Waals surface area contributed by atoms with Crippen LogP contribution in [0.2, 0.25) is 0 Å². The summed E-state index contributed by atoms with van der Waals surface area (Å²) in [6.07, 6.45) is 8.06. The molecule has 4 aliphatic rings. The lowest BCUT2D eigenvalue weighted by molar-refractivity contribution is -0.203.